The summed E-state index contributed by atoms with van der Waals surface area (Å²) in [7, 11) is 0. The van der Waals surface area contributed by atoms with Gasteiger partial charge in [0.15, 0.2) is 5.82 Å². The fourth-order valence-corrected chi connectivity index (χ4v) is 2.68. The summed E-state index contributed by atoms with van der Waals surface area (Å²) in [5.41, 5.74) is 9.68. The summed E-state index contributed by atoms with van der Waals surface area (Å²) in [5.74, 6) is 1.56. The van der Waals surface area contributed by atoms with Crippen molar-refractivity contribution >= 4 is 16.7 Å². The molecule has 0 unspecified atom stereocenters. The second kappa shape index (κ2) is 6.24. The third-order valence-corrected chi connectivity index (χ3v) is 4.05. The quantitative estimate of drug-likeness (QED) is 0.616. The SMILES string of the molecule is CCc1ccc(Oc2ncnc(-n3cnc4ccccc43)c2N)cc1. The number of aromatic nitrogens is 4. The van der Waals surface area contributed by atoms with Gasteiger partial charge in [0.05, 0.1) is 11.0 Å². The largest absolute Gasteiger partial charge is 0.437 e. The van der Waals surface area contributed by atoms with Crippen molar-refractivity contribution in [1.29, 1.82) is 0 Å². The van der Waals surface area contributed by atoms with E-state index in [9.17, 15) is 0 Å². The molecule has 4 aromatic rings. The van der Waals surface area contributed by atoms with Gasteiger partial charge in [0.1, 0.15) is 24.1 Å². The molecule has 0 saturated heterocycles. The third-order valence-electron chi connectivity index (χ3n) is 4.05. The van der Waals surface area contributed by atoms with E-state index in [0.717, 1.165) is 17.5 Å². The zero-order valence-corrected chi connectivity index (χ0v) is 13.8. The number of aryl methyl sites for hydroxylation is 1. The Hall–Kier alpha value is -3.41. The summed E-state index contributed by atoms with van der Waals surface area (Å²) in [6.07, 6.45) is 4.12. The Morgan fingerprint density at radius 2 is 1.80 bits per heavy atom. The number of para-hydroxylation sites is 2. The van der Waals surface area contributed by atoms with Crippen LogP contribution in [0.25, 0.3) is 16.9 Å². The Morgan fingerprint density at radius 3 is 2.60 bits per heavy atom. The topological polar surface area (TPSA) is 78.9 Å². The first-order chi connectivity index (χ1) is 12.3. The number of anilines is 1. The maximum absolute atomic E-state index is 6.27. The van der Waals surface area contributed by atoms with Crippen molar-refractivity contribution in [3.63, 3.8) is 0 Å². The highest BCUT2D eigenvalue weighted by atomic mass is 16.5. The van der Waals surface area contributed by atoms with Crippen LogP contribution in [0.15, 0.2) is 61.2 Å². The van der Waals surface area contributed by atoms with Gasteiger partial charge in [-0.3, -0.25) is 4.57 Å². The van der Waals surface area contributed by atoms with E-state index >= 15 is 0 Å². The molecule has 0 saturated carbocycles. The Morgan fingerprint density at radius 1 is 1.00 bits per heavy atom. The molecule has 6 heteroatoms. The Balaban J connectivity index is 1.72. The maximum Gasteiger partial charge on any atom is 0.248 e. The van der Waals surface area contributed by atoms with Crippen molar-refractivity contribution in [2.45, 2.75) is 13.3 Å². The number of hydrogen-bond donors (Lipinski definition) is 1. The summed E-state index contributed by atoms with van der Waals surface area (Å²) in [6.45, 7) is 2.11. The smallest absolute Gasteiger partial charge is 0.248 e. The van der Waals surface area contributed by atoms with Crippen LogP contribution in [-0.4, -0.2) is 19.5 Å². The van der Waals surface area contributed by atoms with Crippen molar-refractivity contribution in [2.24, 2.45) is 0 Å². The van der Waals surface area contributed by atoms with Gasteiger partial charge in [-0.15, -0.1) is 0 Å². The molecule has 0 radical (unpaired) electrons. The molecule has 0 aliphatic rings. The lowest BCUT2D eigenvalue weighted by atomic mass is 10.2. The molecule has 0 amide bonds. The van der Waals surface area contributed by atoms with Crippen molar-refractivity contribution in [3.8, 4) is 17.4 Å². The van der Waals surface area contributed by atoms with Crippen molar-refractivity contribution in [3.05, 3.63) is 66.7 Å². The van der Waals surface area contributed by atoms with Gasteiger partial charge in [0.25, 0.3) is 0 Å². The molecule has 6 nitrogen and oxygen atoms in total. The number of fused-ring (bicyclic) bond motifs is 1. The molecule has 2 aromatic heterocycles. The van der Waals surface area contributed by atoms with Crippen LogP contribution in [0.1, 0.15) is 12.5 Å². The van der Waals surface area contributed by atoms with Crippen LogP contribution in [-0.2, 0) is 6.42 Å². The van der Waals surface area contributed by atoms with Crippen LogP contribution in [0.2, 0.25) is 0 Å². The van der Waals surface area contributed by atoms with Gasteiger partial charge in [0, 0.05) is 0 Å². The highest BCUT2D eigenvalue weighted by Crippen LogP contribution is 2.30. The van der Waals surface area contributed by atoms with Crippen molar-refractivity contribution in [2.75, 3.05) is 5.73 Å². The van der Waals surface area contributed by atoms with Gasteiger partial charge < -0.3 is 10.5 Å². The summed E-state index contributed by atoms with van der Waals surface area (Å²) in [6, 6.07) is 15.7. The Labute approximate surface area is 144 Å². The minimum absolute atomic E-state index is 0.326. The van der Waals surface area contributed by atoms with Crippen molar-refractivity contribution < 1.29 is 4.74 Å². The van der Waals surface area contributed by atoms with Gasteiger partial charge in [-0.25, -0.2) is 9.97 Å². The highest BCUT2D eigenvalue weighted by molar-refractivity contribution is 5.78. The molecule has 4 rings (SSSR count). The summed E-state index contributed by atoms with van der Waals surface area (Å²) >= 11 is 0. The van der Waals surface area contributed by atoms with E-state index in [1.54, 1.807) is 6.33 Å². The fourth-order valence-electron chi connectivity index (χ4n) is 2.68. The summed E-state index contributed by atoms with van der Waals surface area (Å²) in [5, 5.41) is 0. The molecule has 0 spiro atoms. The molecule has 0 fully saturated rings. The van der Waals surface area contributed by atoms with Gasteiger partial charge in [-0.1, -0.05) is 31.2 Å². The van der Waals surface area contributed by atoms with E-state index in [1.165, 1.54) is 11.9 Å². The van der Waals surface area contributed by atoms with E-state index < -0.39 is 0 Å². The van der Waals surface area contributed by atoms with Crippen LogP contribution in [0.3, 0.4) is 0 Å². The monoisotopic (exact) mass is 331 g/mol. The molecular formula is C19H17N5O. The number of rotatable bonds is 4. The molecule has 2 heterocycles. The number of nitrogens with zero attached hydrogens (tertiary/aromatic N) is 4. The molecule has 2 N–H and O–H groups in total. The summed E-state index contributed by atoms with van der Waals surface area (Å²) in [4.78, 5) is 12.9. The first-order valence-corrected chi connectivity index (χ1v) is 8.06. The number of ether oxygens (including phenoxy) is 1. The second-order valence-corrected chi connectivity index (χ2v) is 5.62. The first-order valence-electron chi connectivity index (χ1n) is 8.06. The zero-order chi connectivity index (χ0) is 17.2. The van der Waals surface area contributed by atoms with Crippen LogP contribution in [0.5, 0.6) is 11.6 Å². The normalized spacial score (nSPS) is 10.9. The van der Waals surface area contributed by atoms with E-state index in [2.05, 4.69) is 21.9 Å². The van der Waals surface area contributed by atoms with Crippen LogP contribution >= 0.6 is 0 Å². The lowest BCUT2D eigenvalue weighted by Crippen LogP contribution is -2.05. The predicted molar refractivity (Wildman–Crippen MR) is 97.0 cm³/mol. The van der Waals surface area contributed by atoms with Gasteiger partial charge in [0.2, 0.25) is 5.88 Å². The molecule has 0 aliphatic heterocycles. The van der Waals surface area contributed by atoms with Crippen molar-refractivity contribution in [1.82, 2.24) is 19.5 Å². The third kappa shape index (κ3) is 2.78. The average molecular weight is 331 g/mol. The standard InChI is InChI=1S/C19H17N5O/c1-2-13-7-9-14(10-8-13)25-19-17(20)18(21-11-22-19)24-12-23-15-5-3-4-6-16(15)24/h3-12H,2,20H2,1H3. The predicted octanol–water partition coefficient (Wildman–Crippen LogP) is 3.75. The minimum atomic E-state index is 0.326. The number of benzene rings is 2. The number of imidazole rings is 1. The number of nitrogen functional groups attached to an aromatic ring is 1. The molecule has 25 heavy (non-hydrogen) atoms. The fraction of sp³-hybridized carbons (Fsp3) is 0.105. The first kappa shape index (κ1) is 15.1. The molecule has 2 aromatic carbocycles. The maximum atomic E-state index is 6.27. The van der Waals surface area contributed by atoms with Gasteiger partial charge >= 0.3 is 0 Å². The van der Waals surface area contributed by atoms with Crippen LogP contribution in [0, 0.1) is 0 Å². The van der Waals surface area contributed by atoms with Crippen LogP contribution in [0.4, 0.5) is 5.69 Å². The average Bonchev–Trinajstić information content (AvgIpc) is 3.08. The van der Waals surface area contributed by atoms with E-state index in [0.29, 0.717) is 23.1 Å². The molecule has 0 atom stereocenters. The van der Waals surface area contributed by atoms with Crippen LogP contribution < -0.4 is 10.5 Å². The van der Waals surface area contributed by atoms with E-state index in [1.807, 2.05) is 53.1 Å². The lowest BCUT2D eigenvalue weighted by Gasteiger charge is -2.11. The van der Waals surface area contributed by atoms with Gasteiger partial charge in [-0.2, -0.15) is 4.98 Å². The van der Waals surface area contributed by atoms with E-state index in [4.69, 9.17) is 10.5 Å². The molecule has 0 aliphatic carbocycles. The Kier molecular flexibility index (Phi) is 3.78. The van der Waals surface area contributed by atoms with Gasteiger partial charge in [-0.05, 0) is 36.2 Å². The number of hydrogen-bond acceptors (Lipinski definition) is 5. The zero-order valence-electron chi connectivity index (χ0n) is 13.8. The molecule has 124 valence electrons. The summed E-state index contributed by atoms with van der Waals surface area (Å²) < 4.78 is 7.68. The van der Waals surface area contributed by atoms with E-state index in [-0.39, 0.29) is 0 Å². The highest BCUT2D eigenvalue weighted by Gasteiger charge is 2.14. The number of nitrogens with two attached hydrogens (primary N) is 1. The lowest BCUT2D eigenvalue weighted by molar-refractivity contribution is 0.463. The second-order valence-electron chi connectivity index (χ2n) is 5.62. The Bertz CT molecular complexity index is 1020. The molecule has 0 bridgehead atoms. The molecular weight excluding hydrogens is 314 g/mol. The minimum Gasteiger partial charge on any atom is -0.437 e.